The van der Waals surface area contributed by atoms with Gasteiger partial charge in [0, 0.05) is 12.8 Å². The molecule has 0 aromatic rings. The zero-order valence-electron chi connectivity index (χ0n) is 37.3. The van der Waals surface area contributed by atoms with E-state index in [0.717, 1.165) is 83.5 Å². The zero-order valence-corrected chi connectivity index (χ0v) is 38.2. The van der Waals surface area contributed by atoms with Crippen molar-refractivity contribution in [3.63, 3.8) is 0 Å². The molecule has 0 bridgehead atoms. The Morgan fingerprint density at radius 1 is 0.544 bits per heavy atom. The average Bonchev–Trinajstić information content (AvgIpc) is 3.16. The molecule has 10 heteroatoms. The Kier molecular flexibility index (Phi) is 38.0. The van der Waals surface area contributed by atoms with Gasteiger partial charge in [-0.05, 0) is 70.6 Å². The van der Waals surface area contributed by atoms with Gasteiger partial charge in [-0.2, -0.15) is 0 Å². The van der Waals surface area contributed by atoms with Crippen LogP contribution in [0.2, 0.25) is 0 Å². The average molecular weight is 824 g/mol. The largest absolute Gasteiger partial charge is 0.756 e. The number of carbonyl (C=O) groups is 2. The molecule has 1 unspecified atom stereocenters. The summed E-state index contributed by atoms with van der Waals surface area (Å²) in [5, 5.41) is 0. The van der Waals surface area contributed by atoms with E-state index in [9.17, 15) is 19.0 Å². The molecule has 2 atom stereocenters. The van der Waals surface area contributed by atoms with E-state index in [0.29, 0.717) is 17.4 Å². The molecule has 0 N–H and O–H groups in total. The Morgan fingerprint density at radius 3 is 1.44 bits per heavy atom. The van der Waals surface area contributed by atoms with Crippen LogP contribution in [-0.2, 0) is 32.7 Å². The van der Waals surface area contributed by atoms with Crippen LogP contribution < -0.4 is 4.89 Å². The molecule has 0 spiro atoms. The van der Waals surface area contributed by atoms with Gasteiger partial charge >= 0.3 is 11.9 Å². The fourth-order valence-corrected chi connectivity index (χ4v) is 6.66. The number of hydrogen-bond donors (Lipinski definition) is 0. The molecule has 332 valence electrons. The molecule has 0 aromatic carbocycles. The highest BCUT2D eigenvalue weighted by Crippen LogP contribution is 2.38. The van der Waals surface area contributed by atoms with Crippen molar-refractivity contribution >= 4 is 19.8 Å². The summed E-state index contributed by atoms with van der Waals surface area (Å²) in [5.41, 5.74) is 0. The molecular formula is C47H86NO8P. The topological polar surface area (TPSA) is 111 Å². The van der Waals surface area contributed by atoms with Crippen molar-refractivity contribution in [3.05, 3.63) is 48.6 Å². The number of quaternary nitrogens is 1. The van der Waals surface area contributed by atoms with Crippen LogP contribution in [0.15, 0.2) is 48.6 Å². The lowest BCUT2D eigenvalue weighted by Gasteiger charge is -2.28. The third kappa shape index (κ3) is 43.4. The summed E-state index contributed by atoms with van der Waals surface area (Å²) < 4.78 is 33.9. The van der Waals surface area contributed by atoms with E-state index < -0.39 is 32.5 Å². The molecule has 0 saturated carbocycles. The predicted octanol–water partition coefficient (Wildman–Crippen LogP) is 12.4. The first kappa shape index (κ1) is 55.0. The summed E-state index contributed by atoms with van der Waals surface area (Å²) in [6, 6.07) is 0. The highest BCUT2D eigenvalue weighted by Gasteiger charge is 2.21. The van der Waals surface area contributed by atoms with Crippen molar-refractivity contribution in [1.29, 1.82) is 0 Å². The summed E-state index contributed by atoms with van der Waals surface area (Å²) in [6.07, 6.45) is 45.6. The number of likely N-dealkylation sites (N-methyl/N-ethyl adjacent to an activating group) is 1. The van der Waals surface area contributed by atoms with Crippen molar-refractivity contribution in [2.24, 2.45) is 0 Å². The fourth-order valence-electron chi connectivity index (χ4n) is 5.94. The Morgan fingerprint density at radius 2 is 0.965 bits per heavy atom. The zero-order chi connectivity index (χ0) is 42.1. The van der Waals surface area contributed by atoms with E-state index >= 15 is 0 Å². The minimum Gasteiger partial charge on any atom is -0.756 e. The van der Waals surface area contributed by atoms with Gasteiger partial charge in [-0.3, -0.25) is 14.2 Å². The van der Waals surface area contributed by atoms with E-state index in [1.54, 1.807) is 0 Å². The predicted molar refractivity (Wildman–Crippen MR) is 236 cm³/mol. The molecule has 0 aliphatic heterocycles. The van der Waals surface area contributed by atoms with E-state index in [1.165, 1.54) is 70.6 Å². The lowest BCUT2D eigenvalue weighted by Crippen LogP contribution is -2.37. The van der Waals surface area contributed by atoms with Gasteiger partial charge in [0.2, 0.25) is 0 Å². The smallest absolute Gasteiger partial charge is 0.306 e. The third-order valence-electron chi connectivity index (χ3n) is 9.57. The Balaban J connectivity index is 4.33. The van der Waals surface area contributed by atoms with Gasteiger partial charge in [-0.25, -0.2) is 0 Å². The number of carbonyl (C=O) groups excluding carboxylic acids is 2. The Labute approximate surface area is 350 Å². The maximum atomic E-state index is 12.7. The number of allylic oxidation sites excluding steroid dienone is 8. The molecule has 0 fully saturated rings. The number of unbranched alkanes of at least 4 members (excludes halogenated alkanes) is 19. The van der Waals surface area contributed by atoms with Crippen LogP contribution in [0.5, 0.6) is 0 Å². The first-order chi connectivity index (χ1) is 27.5. The second-order valence-corrected chi connectivity index (χ2v) is 17.8. The number of hydrogen-bond acceptors (Lipinski definition) is 8. The van der Waals surface area contributed by atoms with Gasteiger partial charge in [0.05, 0.1) is 27.7 Å². The minimum atomic E-state index is -4.63. The maximum Gasteiger partial charge on any atom is 0.306 e. The summed E-state index contributed by atoms with van der Waals surface area (Å²) in [4.78, 5) is 37.6. The molecule has 0 aromatic heterocycles. The van der Waals surface area contributed by atoms with Crippen molar-refractivity contribution < 1.29 is 42.1 Å². The van der Waals surface area contributed by atoms with E-state index in [4.69, 9.17) is 18.5 Å². The Hall–Kier alpha value is -2.03. The molecule has 0 rings (SSSR count). The quantitative estimate of drug-likeness (QED) is 0.0197. The normalized spacial score (nSPS) is 14.0. The van der Waals surface area contributed by atoms with Crippen LogP contribution in [0.1, 0.15) is 187 Å². The molecule has 0 heterocycles. The lowest BCUT2D eigenvalue weighted by molar-refractivity contribution is -0.870. The van der Waals surface area contributed by atoms with Gasteiger partial charge in [0.25, 0.3) is 7.82 Å². The summed E-state index contributed by atoms with van der Waals surface area (Å²) in [6.45, 7) is 4.14. The van der Waals surface area contributed by atoms with Crippen LogP contribution >= 0.6 is 7.82 Å². The van der Waals surface area contributed by atoms with Gasteiger partial charge in [-0.15, -0.1) is 0 Å². The van der Waals surface area contributed by atoms with E-state index in [1.807, 2.05) is 21.1 Å². The van der Waals surface area contributed by atoms with E-state index in [-0.39, 0.29) is 26.1 Å². The molecule has 0 saturated heterocycles. The SMILES string of the molecule is CCCC/C=C/C/C=C/CCCCCCCC(=O)O[C@@H](COC(=O)CCCCCCCCCCC/C=C/C/C=C/CCCCC)COP(=O)([O-])OCC[N+](C)(C)C. The van der Waals surface area contributed by atoms with E-state index in [2.05, 4.69) is 62.5 Å². The van der Waals surface area contributed by atoms with Crippen molar-refractivity contribution in [1.82, 2.24) is 0 Å². The Bertz CT molecular complexity index is 1110. The number of phosphoric acid groups is 1. The first-order valence-electron chi connectivity index (χ1n) is 22.8. The molecule has 0 amide bonds. The van der Waals surface area contributed by atoms with Crippen LogP contribution in [0.4, 0.5) is 0 Å². The highest BCUT2D eigenvalue weighted by atomic mass is 31.2. The summed E-state index contributed by atoms with van der Waals surface area (Å²) in [7, 11) is 1.15. The van der Waals surface area contributed by atoms with Crippen molar-refractivity contribution in [3.8, 4) is 0 Å². The molecule has 9 nitrogen and oxygen atoms in total. The minimum absolute atomic E-state index is 0.0357. The van der Waals surface area contributed by atoms with Crippen LogP contribution in [0.25, 0.3) is 0 Å². The van der Waals surface area contributed by atoms with Crippen LogP contribution in [-0.4, -0.2) is 70.0 Å². The van der Waals surface area contributed by atoms with Crippen molar-refractivity contribution in [2.75, 3.05) is 47.5 Å². The van der Waals surface area contributed by atoms with Gasteiger partial charge in [0.15, 0.2) is 6.10 Å². The second kappa shape index (κ2) is 39.4. The summed E-state index contributed by atoms with van der Waals surface area (Å²) >= 11 is 0. The maximum absolute atomic E-state index is 12.7. The lowest BCUT2D eigenvalue weighted by atomic mass is 10.1. The number of esters is 2. The van der Waals surface area contributed by atoms with Gasteiger partial charge < -0.3 is 27.9 Å². The molecule has 0 aliphatic carbocycles. The second-order valence-electron chi connectivity index (χ2n) is 16.4. The number of phosphoric ester groups is 1. The summed E-state index contributed by atoms with van der Waals surface area (Å²) in [5.74, 6) is -0.856. The molecular weight excluding hydrogens is 737 g/mol. The first-order valence-corrected chi connectivity index (χ1v) is 24.3. The monoisotopic (exact) mass is 824 g/mol. The van der Waals surface area contributed by atoms with Gasteiger partial charge in [-0.1, -0.05) is 152 Å². The van der Waals surface area contributed by atoms with Crippen LogP contribution in [0.3, 0.4) is 0 Å². The van der Waals surface area contributed by atoms with Crippen LogP contribution in [0, 0.1) is 0 Å². The number of ether oxygens (including phenoxy) is 2. The third-order valence-corrected chi connectivity index (χ3v) is 10.5. The fraction of sp³-hybridized carbons (Fsp3) is 0.787. The van der Waals surface area contributed by atoms with Crippen molar-refractivity contribution in [2.45, 2.75) is 193 Å². The molecule has 0 radical (unpaired) electrons. The standard InChI is InChI=1S/C47H86NO8P/c1-6-8-10-12-14-16-18-20-22-23-24-25-26-28-29-31-33-35-37-39-46(49)53-43-45(44-55-57(51,52)54-42-41-48(3,4)5)56-47(50)40-38-36-34-32-30-27-21-19-17-15-13-11-9-7-2/h13-16,19-22,45H,6-12,17-18,23-44H2,1-5H3/b15-13+,16-14+,21-19+,22-20+/t45-/m0/s1. The number of nitrogens with zero attached hydrogens (tertiary/aromatic N) is 1. The highest BCUT2D eigenvalue weighted by molar-refractivity contribution is 7.45. The molecule has 57 heavy (non-hydrogen) atoms. The number of rotatable bonds is 41. The van der Waals surface area contributed by atoms with Gasteiger partial charge in [0.1, 0.15) is 19.8 Å². The molecule has 0 aliphatic rings.